The zero-order valence-corrected chi connectivity index (χ0v) is 10.7. The average molecular weight is 236 g/mol. The largest absolute Gasteiger partial charge is 0.508 e. The molecule has 0 aliphatic heterocycles. The van der Waals surface area contributed by atoms with Crippen molar-refractivity contribution < 1.29 is 14.6 Å². The van der Waals surface area contributed by atoms with E-state index in [4.69, 9.17) is 4.74 Å². The van der Waals surface area contributed by atoms with E-state index in [-0.39, 0.29) is 5.97 Å². The third-order valence-electron chi connectivity index (χ3n) is 2.43. The van der Waals surface area contributed by atoms with Crippen molar-refractivity contribution in [2.75, 3.05) is 6.61 Å². The topological polar surface area (TPSA) is 46.5 Å². The number of hydrogen-bond acceptors (Lipinski definition) is 3. The molecule has 94 valence electrons. The van der Waals surface area contributed by atoms with E-state index in [0.29, 0.717) is 18.8 Å². The van der Waals surface area contributed by atoms with Crippen molar-refractivity contribution in [1.29, 1.82) is 0 Å². The summed E-state index contributed by atoms with van der Waals surface area (Å²) in [5.74, 6) is 0.115. The van der Waals surface area contributed by atoms with Crippen LogP contribution in [0, 0.1) is 5.41 Å². The van der Waals surface area contributed by atoms with Crippen LogP contribution in [-0.2, 0) is 16.0 Å². The van der Waals surface area contributed by atoms with E-state index in [9.17, 15) is 9.90 Å². The van der Waals surface area contributed by atoms with Gasteiger partial charge in [-0.05, 0) is 45.2 Å². The summed E-state index contributed by atoms with van der Waals surface area (Å²) in [6, 6.07) is 7.21. The summed E-state index contributed by atoms with van der Waals surface area (Å²) in [5.41, 5.74) is 0.439. The molecule has 0 aliphatic carbocycles. The van der Waals surface area contributed by atoms with Crippen LogP contribution in [0.1, 0.15) is 32.8 Å². The van der Waals surface area contributed by atoms with Gasteiger partial charge in [0.25, 0.3) is 0 Å². The predicted molar refractivity (Wildman–Crippen MR) is 66.8 cm³/mol. The molecule has 0 saturated heterocycles. The first kappa shape index (κ1) is 13.6. The van der Waals surface area contributed by atoms with Gasteiger partial charge in [0.2, 0.25) is 0 Å². The smallest absolute Gasteiger partial charge is 0.311 e. The van der Waals surface area contributed by atoms with Crippen molar-refractivity contribution in [3.63, 3.8) is 0 Å². The summed E-state index contributed by atoms with van der Waals surface area (Å²) in [4.78, 5) is 11.5. The fourth-order valence-electron chi connectivity index (χ4n) is 1.37. The van der Waals surface area contributed by atoms with Crippen LogP contribution in [0.5, 0.6) is 5.75 Å². The Hall–Kier alpha value is -1.51. The van der Waals surface area contributed by atoms with Crippen LogP contribution in [0.2, 0.25) is 0 Å². The van der Waals surface area contributed by atoms with Crippen LogP contribution in [0.4, 0.5) is 0 Å². The monoisotopic (exact) mass is 236 g/mol. The molecular formula is C14H20O3. The molecule has 1 rings (SSSR count). The summed E-state index contributed by atoms with van der Waals surface area (Å²) < 4.78 is 5.15. The van der Waals surface area contributed by atoms with E-state index in [1.165, 1.54) is 0 Å². The van der Waals surface area contributed by atoms with Crippen LogP contribution >= 0.6 is 0 Å². The third kappa shape index (κ3) is 4.47. The Balaban J connectivity index is 2.30. The first-order chi connectivity index (χ1) is 7.91. The van der Waals surface area contributed by atoms with Crippen LogP contribution < -0.4 is 0 Å². The highest BCUT2D eigenvalue weighted by atomic mass is 16.5. The Morgan fingerprint density at radius 3 is 2.53 bits per heavy atom. The predicted octanol–water partition coefficient (Wildman–Crippen LogP) is 2.91. The van der Waals surface area contributed by atoms with Crippen molar-refractivity contribution in [3.05, 3.63) is 29.8 Å². The van der Waals surface area contributed by atoms with E-state index < -0.39 is 5.41 Å². The maximum absolute atomic E-state index is 11.5. The molecule has 0 saturated carbocycles. The molecule has 0 atom stereocenters. The number of para-hydroxylation sites is 1. The molecule has 0 amide bonds. The van der Waals surface area contributed by atoms with Crippen molar-refractivity contribution in [2.24, 2.45) is 5.41 Å². The number of hydrogen-bond donors (Lipinski definition) is 1. The van der Waals surface area contributed by atoms with E-state index in [2.05, 4.69) is 0 Å². The highest BCUT2D eigenvalue weighted by molar-refractivity contribution is 5.75. The molecule has 0 aromatic heterocycles. The number of aromatic hydroxyl groups is 1. The number of phenolic OH excluding ortho intramolecular Hbond substituents is 1. The van der Waals surface area contributed by atoms with Crippen molar-refractivity contribution >= 4 is 5.97 Å². The van der Waals surface area contributed by atoms with Crippen LogP contribution in [0.15, 0.2) is 24.3 Å². The minimum absolute atomic E-state index is 0.185. The summed E-state index contributed by atoms with van der Waals surface area (Å²) >= 11 is 0. The average Bonchev–Trinajstić information content (AvgIpc) is 2.25. The highest BCUT2D eigenvalue weighted by Gasteiger charge is 2.22. The number of carbonyl (C=O) groups is 1. The van der Waals surface area contributed by atoms with Crippen molar-refractivity contribution in [2.45, 2.75) is 33.6 Å². The van der Waals surface area contributed by atoms with Gasteiger partial charge in [0, 0.05) is 0 Å². The number of phenols is 1. The highest BCUT2D eigenvalue weighted by Crippen LogP contribution is 2.18. The SMILES string of the molecule is CC(C)(C)C(=O)OCCCc1ccccc1O. The quantitative estimate of drug-likeness (QED) is 0.646. The van der Waals surface area contributed by atoms with E-state index in [1.54, 1.807) is 12.1 Å². The first-order valence-electron chi connectivity index (χ1n) is 5.85. The summed E-state index contributed by atoms with van der Waals surface area (Å²) in [7, 11) is 0. The van der Waals surface area contributed by atoms with Crippen molar-refractivity contribution in [1.82, 2.24) is 0 Å². The molecule has 1 N–H and O–H groups in total. The Kier molecular flexibility index (Phi) is 4.55. The molecular weight excluding hydrogens is 216 g/mol. The fraction of sp³-hybridized carbons (Fsp3) is 0.500. The van der Waals surface area contributed by atoms with Crippen molar-refractivity contribution in [3.8, 4) is 5.75 Å². The Morgan fingerprint density at radius 1 is 1.29 bits per heavy atom. The van der Waals surface area contributed by atoms with Gasteiger partial charge < -0.3 is 9.84 Å². The minimum atomic E-state index is -0.450. The molecule has 0 heterocycles. The van der Waals surface area contributed by atoms with Gasteiger partial charge in [0.1, 0.15) is 5.75 Å². The molecule has 3 nitrogen and oxygen atoms in total. The van der Waals surface area contributed by atoms with Crippen LogP contribution in [0.3, 0.4) is 0 Å². The molecule has 3 heteroatoms. The number of rotatable bonds is 4. The number of aryl methyl sites for hydroxylation is 1. The molecule has 0 unspecified atom stereocenters. The molecule has 1 aromatic rings. The van der Waals surface area contributed by atoms with Gasteiger partial charge in [-0.25, -0.2) is 0 Å². The maximum atomic E-state index is 11.5. The molecule has 0 aliphatic rings. The van der Waals surface area contributed by atoms with E-state index in [1.807, 2.05) is 32.9 Å². The number of ether oxygens (including phenoxy) is 1. The van der Waals surface area contributed by atoms with E-state index in [0.717, 1.165) is 12.0 Å². The van der Waals surface area contributed by atoms with Gasteiger partial charge in [-0.15, -0.1) is 0 Å². The second-order valence-corrected chi connectivity index (χ2v) is 5.12. The number of esters is 1. The van der Waals surface area contributed by atoms with Gasteiger partial charge in [0.05, 0.1) is 12.0 Å². The lowest BCUT2D eigenvalue weighted by Crippen LogP contribution is -2.23. The van der Waals surface area contributed by atoms with Crippen LogP contribution in [-0.4, -0.2) is 17.7 Å². The standard InChI is InChI=1S/C14H20O3/c1-14(2,3)13(16)17-10-6-8-11-7-4-5-9-12(11)15/h4-5,7,9,15H,6,8,10H2,1-3H3. The zero-order chi connectivity index (χ0) is 12.9. The van der Waals surface area contributed by atoms with E-state index >= 15 is 0 Å². The lowest BCUT2D eigenvalue weighted by Gasteiger charge is -2.16. The fourth-order valence-corrected chi connectivity index (χ4v) is 1.37. The first-order valence-corrected chi connectivity index (χ1v) is 5.85. The van der Waals surface area contributed by atoms with Gasteiger partial charge in [-0.1, -0.05) is 18.2 Å². The lowest BCUT2D eigenvalue weighted by atomic mass is 9.97. The summed E-state index contributed by atoms with van der Waals surface area (Å²) in [6.45, 7) is 5.89. The molecule has 0 spiro atoms. The molecule has 0 bridgehead atoms. The summed E-state index contributed by atoms with van der Waals surface area (Å²) in [5, 5.41) is 9.54. The normalized spacial score (nSPS) is 11.2. The lowest BCUT2D eigenvalue weighted by molar-refractivity contribution is -0.153. The molecule has 0 fully saturated rings. The van der Waals surface area contributed by atoms with Gasteiger partial charge >= 0.3 is 5.97 Å². The van der Waals surface area contributed by atoms with Gasteiger partial charge in [-0.3, -0.25) is 4.79 Å². The molecule has 17 heavy (non-hydrogen) atoms. The number of benzene rings is 1. The van der Waals surface area contributed by atoms with Gasteiger partial charge in [0.15, 0.2) is 0 Å². The number of carbonyl (C=O) groups excluding carboxylic acids is 1. The second-order valence-electron chi connectivity index (χ2n) is 5.12. The molecule has 1 aromatic carbocycles. The Morgan fingerprint density at radius 2 is 1.94 bits per heavy atom. The zero-order valence-electron chi connectivity index (χ0n) is 10.7. The maximum Gasteiger partial charge on any atom is 0.311 e. The molecule has 0 radical (unpaired) electrons. The van der Waals surface area contributed by atoms with Crippen LogP contribution in [0.25, 0.3) is 0 Å². The van der Waals surface area contributed by atoms with Gasteiger partial charge in [-0.2, -0.15) is 0 Å². The Labute approximate surface area is 102 Å². The third-order valence-corrected chi connectivity index (χ3v) is 2.43. The summed E-state index contributed by atoms with van der Waals surface area (Å²) in [6.07, 6.45) is 1.43. The second kappa shape index (κ2) is 5.71. The minimum Gasteiger partial charge on any atom is -0.508 e. The Bertz CT molecular complexity index is 377.